The molecule has 1 heteroatoms. The molecular weight excluding hydrogens is 148 g/mol. The van der Waals surface area contributed by atoms with Gasteiger partial charge in [-0.15, -0.1) is 0 Å². The minimum Gasteiger partial charge on any atom is -0.378 e. The summed E-state index contributed by atoms with van der Waals surface area (Å²) in [4.78, 5) is 0. The van der Waals surface area contributed by atoms with E-state index in [2.05, 4.69) is 18.2 Å². The smallest absolute Gasteiger partial charge is 0.0579 e. The van der Waals surface area contributed by atoms with Crippen molar-refractivity contribution in [3.05, 3.63) is 24.3 Å². The Morgan fingerprint density at radius 2 is 2.33 bits per heavy atom. The van der Waals surface area contributed by atoms with Crippen molar-refractivity contribution in [2.45, 2.75) is 38.7 Å². The summed E-state index contributed by atoms with van der Waals surface area (Å²) < 4.78 is 5.51. The van der Waals surface area contributed by atoms with Crippen molar-refractivity contribution in [1.82, 2.24) is 0 Å². The van der Waals surface area contributed by atoms with Crippen LogP contribution in [0.4, 0.5) is 0 Å². The summed E-state index contributed by atoms with van der Waals surface area (Å²) in [6.45, 7) is 3.01. The molecule has 0 saturated carbocycles. The van der Waals surface area contributed by atoms with Gasteiger partial charge in [0, 0.05) is 6.61 Å². The first-order chi connectivity index (χ1) is 5.93. The van der Waals surface area contributed by atoms with E-state index in [0.29, 0.717) is 6.10 Å². The van der Waals surface area contributed by atoms with Gasteiger partial charge in [-0.25, -0.2) is 0 Å². The molecule has 0 N–H and O–H groups in total. The van der Waals surface area contributed by atoms with Crippen molar-refractivity contribution < 1.29 is 4.74 Å². The van der Waals surface area contributed by atoms with E-state index in [-0.39, 0.29) is 0 Å². The summed E-state index contributed by atoms with van der Waals surface area (Å²) in [5, 5.41) is 0. The third-order valence-corrected chi connectivity index (χ3v) is 2.12. The molecule has 0 amide bonds. The SMILES string of the molecule is C/C=C/C=C/CCC1CCCO1. The van der Waals surface area contributed by atoms with Gasteiger partial charge in [0.15, 0.2) is 0 Å². The Balaban J connectivity index is 2.01. The Kier molecular flexibility index (Phi) is 4.77. The fraction of sp³-hybridized carbons (Fsp3) is 0.636. The van der Waals surface area contributed by atoms with Gasteiger partial charge >= 0.3 is 0 Å². The highest BCUT2D eigenvalue weighted by atomic mass is 16.5. The molecule has 1 aliphatic heterocycles. The van der Waals surface area contributed by atoms with E-state index in [1.54, 1.807) is 0 Å². The first-order valence-electron chi connectivity index (χ1n) is 4.83. The largest absolute Gasteiger partial charge is 0.378 e. The van der Waals surface area contributed by atoms with E-state index in [1.807, 2.05) is 13.0 Å². The van der Waals surface area contributed by atoms with Gasteiger partial charge < -0.3 is 4.74 Å². The zero-order valence-electron chi connectivity index (χ0n) is 7.83. The van der Waals surface area contributed by atoms with E-state index >= 15 is 0 Å². The second-order valence-electron chi connectivity index (χ2n) is 3.17. The topological polar surface area (TPSA) is 9.23 Å². The van der Waals surface area contributed by atoms with E-state index < -0.39 is 0 Å². The van der Waals surface area contributed by atoms with Crippen LogP contribution >= 0.6 is 0 Å². The summed E-state index contributed by atoms with van der Waals surface area (Å²) in [6.07, 6.45) is 13.8. The highest BCUT2D eigenvalue weighted by Crippen LogP contribution is 2.16. The second-order valence-corrected chi connectivity index (χ2v) is 3.17. The minimum atomic E-state index is 0.542. The lowest BCUT2D eigenvalue weighted by Gasteiger charge is -2.05. The minimum absolute atomic E-state index is 0.542. The van der Waals surface area contributed by atoms with Gasteiger partial charge in [-0.3, -0.25) is 0 Å². The number of ether oxygens (including phenoxy) is 1. The maximum absolute atomic E-state index is 5.51. The normalized spacial score (nSPS) is 24.6. The molecule has 0 aromatic rings. The Labute approximate surface area is 75.1 Å². The van der Waals surface area contributed by atoms with Gasteiger partial charge in [-0.05, 0) is 32.6 Å². The van der Waals surface area contributed by atoms with Crippen molar-refractivity contribution in [3.63, 3.8) is 0 Å². The Hall–Kier alpha value is -0.560. The van der Waals surface area contributed by atoms with Crippen molar-refractivity contribution in [1.29, 1.82) is 0 Å². The molecule has 0 aromatic heterocycles. The van der Waals surface area contributed by atoms with E-state index in [0.717, 1.165) is 13.0 Å². The summed E-state index contributed by atoms with van der Waals surface area (Å²) in [5.74, 6) is 0. The van der Waals surface area contributed by atoms with Crippen LogP contribution < -0.4 is 0 Å². The lowest BCUT2D eigenvalue weighted by molar-refractivity contribution is 0.105. The summed E-state index contributed by atoms with van der Waals surface area (Å²) in [7, 11) is 0. The molecule has 1 atom stereocenters. The Morgan fingerprint density at radius 3 is 3.00 bits per heavy atom. The van der Waals surface area contributed by atoms with Crippen LogP contribution in [0.25, 0.3) is 0 Å². The van der Waals surface area contributed by atoms with Crippen LogP contribution in [0, 0.1) is 0 Å². The van der Waals surface area contributed by atoms with Crippen molar-refractivity contribution >= 4 is 0 Å². The molecule has 0 radical (unpaired) electrons. The third-order valence-electron chi connectivity index (χ3n) is 2.12. The van der Waals surface area contributed by atoms with Crippen LogP contribution in [0.1, 0.15) is 32.6 Å². The lowest BCUT2D eigenvalue weighted by atomic mass is 10.1. The molecule has 1 heterocycles. The first-order valence-corrected chi connectivity index (χ1v) is 4.83. The van der Waals surface area contributed by atoms with Crippen LogP contribution in [0.3, 0.4) is 0 Å². The van der Waals surface area contributed by atoms with Crippen molar-refractivity contribution in [3.8, 4) is 0 Å². The number of allylic oxidation sites excluding steroid dienone is 4. The molecule has 0 spiro atoms. The number of rotatable bonds is 4. The van der Waals surface area contributed by atoms with E-state index in [9.17, 15) is 0 Å². The van der Waals surface area contributed by atoms with Crippen LogP contribution in [0.2, 0.25) is 0 Å². The van der Waals surface area contributed by atoms with Gasteiger partial charge in [-0.2, -0.15) is 0 Å². The summed E-state index contributed by atoms with van der Waals surface area (Å²) >= 11 is 0. The fourth-order valence-electron chi connectivity index (χ4n) is 1.44. The number of hydrogen-bond acceptors (Lipinski definition) is 1. The zero-order chi connectivity index (χ0) is 8.65. The van der Waals surface area contributed by atoms with Crippen molar-refractivity contribution in [2.75, 3.05) is 6.61 Å². The highest BCUT2D eigenvalue weighted by molar-refractivity contribution is 5.00. The molecule has 0 bridgehead atoms. The van der Waals surface area contributed by atoms with Crippen LogP contribution in [0.15, 0.2) is 24.3 Å². The molecule has 1 unspecified atom stereocenters. The lowest BCUT2D eigenvalue weighted by Crippen LogP contribution is -2.02. The average molecular weight is 166 g/mol. The monoisotopic (exact) mass is 166 g/mol. The third kappa shape index (κ3) is 3.72. The molecule has 12 heavy (non-hydrogen) atoms. The molecule has 0 aromatic carbocycles. The molecule has 1 rings (SSSR count). The van der Waals surface area contributed by atoms with Gasteiger partial charge in [0.25, 0.3) is 0 Å². The first kappa shape index (κ1) is 9.53. The Morgan fingerprint density at radius 1 is 1.42 bits per heavy atom. The molecule has 1 fully saturated rings. The average Bonchev–Trinajstić information content (AvgIpc) is 2.57. The summed E-state index contributed by atoms with van der Waals surface area (Å²) in [5.41, 5.74) is 0. The van der Waals surface area contributed by atoms with E-state index in [4.69, 9.17) is 4.74 Å². The molecule has 0 aliphatic carbocycles. The molecular formula is C11H18O. The van der Waals surface area contributed by atoms with E-state index in [1.165, 1.54) is 19.3 Å². The quantitative estimate of drug-likeness (QED) is 0.583. The predicted octanol–water partition coefficient (Wildman–Crippen LogP) is 3.08. The van der Waals surface area contributed by atoms with Gasteiger partial charge in [0.1, 0.15) is 0 Å². The molecule has 1 nitrogen and oxygen atoms in total. The predicted molar refractivity (Wildman–Crippen MR) is 52.2 cm³/mol. The number of hydrogen-bond donors (Lipinski definition) is 0. The Bertz CT molecular complexity index is 152. The second kappa shape index (κ2) is 6.01. The van der Waals surface area contributed by atoms with Gasteiger partial charge in [-0.1, -0.05) is 24.3 Å². The standard InChI is InChI=1S/C11H18O/c1-2-3-4-5-6-8-11-9-7-10-12-11/h2-5,11H,6-10H2,1H3/b3-2+,5-4+. The highest BCUT2D eigenvalue weighted by Gasteiger charge is 2.13. The zero-order valence-corrected chi connectivity index (χ0v) is 7.83. The van der Waals surface area contributed by atoms with Crippen LogP contribution in [-0.4, -0.2) is 12.7 Å². The maximum atomic E-state index is 5.51. The maximum Gasteiger partial charge on any atom is 0.0579 e. The van der Waals surface area contributed by atoms with Crippen LogP contribution in [-0.2, 0) is 4.74 Å². The van der Waals surface area contributed by atoms with Crippen LogP contribution in [0.5, 0.6) is 0 Å². The van der Waals surface area contributed by atoms with Gasteiger partial charge in [0.05, 0.1) is 6.10 Å². The molecule has 68 valence electrons. The molecule has 1 aliphatic rings. The van der Waals surface area contributed by atoms with Gasteiger partial charge in [0.2, 0.25) is 0 Å². The summed E-state index contributed by atoms with van der Waals surface area (Å²) in [6, 6.07) is 0. The van der Waals surface area contributed by atoms with Crippen molar-refractivity contribution in [2.24, 2.45) is 0 Å². The molecule has 1 saturated heterocycles. The fourth-order valence-corrected chi connectivity index (χ4v) is 1.44.